The summed E-state index contributed by atoms with van der Waals surface area (Å²) >= 11 is 6.07. The molecule has 3 rings (SSSR count). The Labute approximate surface area is 141 Å². The fourth-order valence-electron chi connectivity index (χ4n) is 2.88. The van der Waals surface area contributed by atoms with Gasteiger partial charge in [-0.2, -0.15) is 0 Å². The third kappa shape index (κ3) is 3.89. The molecule has 0 aromatic heterocycles. The quantitative estimate of drug-likeness (QED) is 0.931. The van der Waals surface area contributed by atoms with Gasteiger partial charge in [0.15, 0.2) is 0 Å². The van der Waals surface area contributed by atoms with Crippen molar-refractivity contribution >= 4 is 17.3 Å². The summed E-state index contributed by atoms with van der Waals surface area (Å²) in [5.74, 6) is 0.971. The third-order valence-electron chi connectivity index (χ3n) is 4.23. The van der Waals surface area contributed by atoms with Crippen LogP contribution in [0.3, 0.4) is 0 Å². The van der Waals surface area contributed by atoms with Gasteiger partial charge in [-0.15, -0.1) is 0 Å². The first-order valence-electron chi connectivity index (χ1n) is 7.74. The molecule has 2 aromatic carbocycles. The van der Waals surface area contributed by atoms with Gasteiger partial charge < -0.3 is 14.7 Å². The maximum absolute atomic E-state index is 10.1. The Bertz CT molecular complexity index is 670. The first-order valence-corrected chi connectivity index (χ1v) is 8.12. The molecule has 1 fully saturated rings. The molecular weight excluding hydrogens is 312 g/mol. The molecule has 1 aliphatic heterocycles. The van der Waals surface area contributed by atoms with E-state index in [1.165, 1.54) is 5.69 Å². The predicted molar refractivity (Wildman–Crippen MR) is 93.6 cm³/mol. The van der Waals surface area contributed by atoms with Crippen LogP contribution >= 0.6 is 11.6 Å². The van der Waals surface area contributed by atoms with Crippen molar-refractivity contribution in [3.05, 3.63) is 53.1 Å². The molecule has 0 spiro atoms. The minimum Gasteiger partial charge on any atom is -0.507 e. The number of halogens is 1. The summed E-state index contributed by atoms with van der Waals surface area (Å²) in [4.78, 5) is 4.69. The SMILES string of the molecule is COc1ccc(CN2CCN(c3cccc(Cl)c3)CC2)c(O)c1. The van der Waals surface area contributed by atoms with Crippen LogP contribution in [0.4, 0.5) is 5.69 Å². The van der Waals surface area contributed by atoms with Crippen LogP contribution in [0.15, 0.2) is 42.5 Å². The lowest BCUT2D eigenvalue weighted by atomic mass is 10.1. The number of aromatic hydroxyl groups is 1. The van der Waals surface area contributed by atoms with Gasteiger partial charge in [-0.1, -0.05) is 23.7 Å². The highest BCUT2D eigenvalue weighted by Crippen LogP contribution is 2.26. The number of phenols is 1. The van der Waals surface area contributed by atoms with E-state index in [9.17, 15) is 5.11 Å². The van der Waals surface area contributed by atoms with Gasteiger partial charge in [-0.05, 0) is 24.3 Å². The lowest BCUT2D eigenvalue weighted by molar-refractivity contribution is 0.246. The lowest BCUT2D eigenvalue weighted by Crippen LogP contribution is -2.45. The van der Waals surface area contributed by atoms with Crippen molar-refractivity contribution in [1.29, 1.82) is 0 Å². The van der Waals surface area contributed by atoms with Crippen molar-refractivity contribution in [3.63, 3.8) is 0 Å². The molecule has 4 nitrogen and oxygen atoms in total. The van der Waals surface area contributed by atoms with Crippen LogP contribution in [-0.2, 0) is 6.54 Å². The zero-order valence-electron chi connectivity index (χ0n) is 13.2. The number of anilines is 1. The van der Waals surface area contributed by atoms with E-state index in [0.717, 1.165) is 43.3 Å². The van der Waals surface area contributed by atoms with Gasteiger partial charge in [0, 0.05) is 55.1 Å². The van der Waals surface area contributed by atoms with Crippen LogP contribution < -0.4 is 9.64 Å². The van der Waals surface area contributed by atoms with E-state index >= 15 is 0 Å². The Morgan fingerprint density at radius 1 is 1.09 bits per heavy atom. The fraction of sp³-hybridized carbons (Fsp3) is 0.333. The molecule has 0 unspecified atom stereocenters. The summed E-state index contributed by atoms with van der Waals surface area (Å²) in [6.45, 7) is 4.57. The van der Waals surface area contributed by atoms with Crippen LogP contribution in [0.2, 0.25) is 5.02 Å². The number of ether oxygens (including phenoxy) is 1. The van der Waals surface area contributed by atoms with E-state index in [2.05, 4.69) is 15.9 Å². The zero-order valence-corrected chi connectivity index (χ0v) is 14.0. The van der Waals surface area contributed by atoms with E-state index in [4.69, 9.17) is 16.3 Å². The minimum atomic E-state index is 0.293. The van der Waals surface area contributed by atoms with Crippen LogP contribution in [0.25, 0.3) is 0 Å². The van der Waals surface area contributed by atoms with Crippen molar-refractivity contribution in [2.45, 2.75) is 6.54 Å². The molecule has 1 saturated heterocycles. The van der Waals surface area contributed by atoms with Gasteiger partial charge in [0.2, 0.25) is 0 Å². The Morgan fingerprint density at radius 2 is 1.87 bits per heavy atom. The second kappa shape index (κ2) is 7.11. The first-order chi connectivity index (χ1) is 11.2. The molecule has 2 aromatic rings. The summed E-state index contributed by atoms with van der Waals surface area (Å²) in [5, 5.41) is 10.9. The fourth-order valence-corrected chi connectivity index (χ4v) is 3.07. The molecule has 23 heavy (non-hydrogen) atoms. The molecule has 0 saturated carbocycles. The average molecular weight is 333 g/mol. The second-order valence-corrected chi connectivity index (χ2v) is 6.17. The van der Waals surface area contributed by atoms with E-state index in [1.54, 1.807) is 13.2 Å². The number of rotatable bonds is 4. The van der Waals surface area contributed by atoms with Crippen LogP contribution in [0, 0.1) is 0 Å². The minimum absolute atomic E-state index is 0.293. The number of hydrogen-bond acceptors (Lipinski definition) is 4. The lowest BCUT2D eigenvalue weighted by Gasteiger charge is -2.36. The van der Waals surface area contributed by atoms with Crippen molar-refractivity contribution in [2.24, 2.45) is 0 Å². The number of hydrogen-bond donors (Lipinski definition) is 1. The molecule has 1 N–H and O–H groups in total. The molecule has 0 bridgehead atoms. The van der Waals surface area contributed by atoms with Crippen molar-refractivity contribution in [2.75, 3.05) is 38.2 Å². The van der Waals surface area contributed by atoms with E-state index in [0.29, 0.717) is 11.5 Å². The number of phenolic OH excluding ortho intramolecular Hbond substituents is 1. The summed E-state index contributed by atoms with van der Waals surface area (Å²) < 4.78 is 5.12. The summed E-state index contributed by atoms with van der Waals surface area (Å²) in [6, 6.07) is 13.5. The van der Waals surface area contributed by atoms with Crippen molar-refractivity contribution < 1.29 is 9.84 Å². The summed E-state index contributed by atoms with van der Waals surface area (Å²) in [7, 11) is 1.60. The Kier molecular flexibility index (Phi) is 4.94. The van der Waals surface area contributed by atoms with Gasteiger partial charge in [0.1, 0.15) is 11.5 Å². The standard InChI is InChI=1S/C18H21ClN2O2/c1-23-17-6-5-14(18(22)12-17)13-20-7-9-21(10-8-20)16-4-2-3-15(19)11-16/h2-6,11-12,22H,7-10,13H2,1H3. The highest BCUT2D eigenvalue weighted by molar-refractivity contribution is 6.30. The zero-order chi connectivity index (χ0) is 16.2. The largest absolute Gasteiger partial charge is 0.507 e. The third-order valence-corrected chi connectivity index (χ3v) is 4.47. The maximum atomic E-state index is 10.1. The summed E-state index contributed by atoms with van der Waals surface area (Å²) in [6.07, 6.45) is 0. The van der Waals surface area contributed by atoms with E-state index < -0.39 is 0 Å². The van der Waals surface area contributed by atoms with Gasteiger partial charge in [0.25, 0.3) is 0 Å². The monoisotopic (exact) mass is 332 g/mol. The smallest absolute Gasteiger partial charge is 0.123 e. The van der Waals surface area contributed by atoms with Crippen molar-refractivity contribution in [3.8, 4) is 11.5 Å². The molecule has 122 valence electrons. The molecule has 1 aliphatic rings. The maximum Gasteiger partial charge on any atom is 0.123 e. The Hall–Kier alpha value is -1.91. The molecule has 0 atom stereocenters. The van der Waals surface area contributed by atoms with Gasteiger partial charge in [-0.3, -0.25) is 4.90 Å². The van der Waals surface area contributed by atoms with E-state index in [-0.39, 0.29) is 0 Å². The van der Waals surface area contributed by atoms with Crippen LogP contribution in [0.1, 0.15) is 5.56 Å². The highest BCUT2D eigenvalue weighted by Gasteiger charge is 2.18. The topological polar surface area (TPSA) is 35.9 Å². The molecule has 0 amide bonds. The van der Waals surface area contributed by atoms with Gasteiger partial charge in [-0.25, -0.2) is 0 Å². The molecule has 0 radical (unpaired) electrons. The van der Waals surface area contributed by atoms with Crippen LogP contribution in [-0.4, -0.2) is 43.3 Å². The van der Waals surface area contributed by atoms with Crippen LogP contribution in [0.5, 0.6) is 11.5 Å². The van der Waals surface area contributed by atoms with E-state index in [1.807, 2.05) is 30.3 Å². The molecule has 0 aliphatic carbocycles. The second-order valence-electron chi connectivity index (χ2n) is 5.74. The number of nitrogens with zero attached hydrogens (tertiary/aromatic N) is 2. The van der Waals surface area contributed by atoms with Gasteiger partial charge >= 0.3 is 0 Å². The highest BCUT2D eigenvalue weighted by atomic mass is 35.5. The number of piperazine rings is 1. The van der Waals surface area contributed by atoms with Gasteiger partial charge in [0.05, 0.1) is 7.11 Å². The Morgan fingerprint density at radius 3 is 2.52 bits per heavy atom. The molecule has 1 heterocycles. The number of benzene rings is 2. The normalized spacial score (nSPS) is 15.7. The van der Waals surface area contributed by atoms with Crippen molar-refractivity contribution in [1.82, 2.24) is 4.90 Å². The average Bonchev–Trinajstić information content (AvgIpc) is 2.57. The first kappa shape index (κ1) is 16.0. The molecular formula is C18H21ClN2O2. The summed E-state index contributed by atoms with van der Waals surface area (Å²) in [5.41, 5.74) is 2.10. The number of methoxy groups -OCH3 is 1. The molecule has 5 heteroatoms. The Balaban J connectivity index is 1.59. The predicted octanol–water partition coefficient (Wildman–Crippen LogP) is 3.38.